The van der Waals surface area contributed by atoms with Gasteiger partial charge in [0.15, 0.2) is 4.96 Å². The monoisotopic (exact) mass is 449 g/mol. The van der Waals surface area contributed by atoms with Crippen LogP contribution < -0.4 is 10.1 Å². The molecule has 0 unspecified atom stereocenters. The van der Waals surface area contributed by atoms with Gasteiger partial charge in [-0.25, -0.2) is 14.2 Å². The molecule has 154 valence electrons. The SMILES string of the molecule is Cc1cc(/C=c2\sc3nc4ccccc4n3c2=O)c(C)n1-c1ccc(C(=O)O)c(Cl)c1. The highest BCUT2D eigenvalue weighted by Crippen LogP contribution is 2.26. The first-order chi connectivity index (χ1) is 14.8. The van der Waals surface area contributed by atoms with E-state index in [1.54, 1.807) is 16.5 Å². The second-order valence-electron chi connectivity index (χ2n) is 7.27. The van der Waals surface area contributed by atoms with E-state index in [1.165, 1.54) is 17.4 Å². The number of hydrogen-bond acceptors (Lipinski definition) is 4. The van der Waals surface area contributed by atoms with E-state index in [0.29, 0.717) is 9.49 Å². The zero-order valence-electron chi connectivity index (χ0n) is 16.6. The summed E-state index contributed by atoms with van der Waals surface area (Å²) in [6.07, 6.45) is 1.88. The highest BCUT2D eigenvalue weighted by Gasteiger charge is 2.15. The lowest BCUT2D eigenvalue weighted by Gasteiger charge is -2.11. The molecule has 0 spiro atoms. The van der Waals surface area contributed by atoms with Crippen LogP contribution in [0.4, 0.5) is 0 Å². The Balaban J connectivity index is 1.66. The molecule has 0 saturated heterocycles. The van der Waals surface area contributed by atoms with Gasteiger partial charge >= 0.3 is 5.97 Å². The summed E-state index contributed by atoms with van der Waals surface area (Å²) in [7, 11) is 0. The Morgan fingerprint density at radius 3 is 2.68 bits per heavy atom. The maximum atomic E-state index is 13.0. The summed E-state index contributed by atoms with van der Waals surface area (Å²) in [5.41, 5.74) is 5.11. The molecule has 0 aliphatic carbocycles. The minimum atomic E-state index is -1.07. The molecule has 0 saturated carbocycles. The number of rotatable bonds is 3. The molecule has 0 atom stereocenters. The normalized spacial score (nSPS) is 12.3. The minimum Gasteiger partial charge on any atom is -0.478 e. The quantitative estimate of drug-likeness (QED) is 0.447. The number of fused-ring (bicyclic) bond motifs is 3. The Kier molecular flexibility index (Phi) is 4.46. The number of hydrogen-bond donors (Lipinski definition) is 1. The summed E-state index contributed by atoms with van der Waals surface area (Å²) < 4.78 is 4.24. The zero-order valence-corrected chi connectivity index (χ0v) is 18.2. The van der Waals surface area contributed by atoms with Crippen LogP contribution in [0.1, 0.15) is 27.3 Å². The van der Waals surface area contributed by atoms with Crippen LogP contribution in [-0.4, -0.2) is 25.0 Å². The summed E-state index contributed by atoms with van der Waals surface area (Å²) in [5, 5.41) is 9.38. The molecular weight excluding hydrogens is 434 g/mol. The third-order valence-corrected chi connectivity index (χ3v) is 6.62. The van der Waals surface area contributed by atoms with E-state index in [0.717, 1.165) is 33.7 Å². The lowest BCUT2D eigenvalue weighted by molar-refractivity contribution is 0.0697. The lowest BCUT2D eigenvalue weighted by atomic mass is 10.2. The van der Waals surface area contributed by atoms with Crippen LogP contribution in [0.25, 0.3) is 27.8 Å². The van der Waals surface area contributed by atoms with E-state index in [9.17, 15) is 14.7 Å². The maximum Gasteiger partial charge on any atom is 0.337 e. The second-order valence-corrected chi connectivity index (χ2v) is 8.68. The first-order valence-electron chi connectivity index (χ1n) is 9.49. The number of aryl methyl sites for hydroxylation is 1. The summed E-state index contributed by atoms with van der Waals surface area (Å²) in [5.74, 6) is -1.07. The van der Waals surface area contributed by atoms with Crippen molar-refractivity contribution in [3.63, 3.8) is 0 Å². The molecule has 0 bridgehead atoms. The van der Waals surface area contributed by atoms with Crippen LogP contribution in [0.2, 0.25) is 5.02 Å². The van der Waals surface area contributed by atoms with Crippen molar-refractivity contribution < 1.29 is 9.90 Å². The van der Waals surface area contributed by atoms with E-state index >= 15 is 0 Å². The van der Waals surface area contributed by atoms with Gasteiger partial charge in [0.2, 0.25) is 0 Å². The van der Waals surface area contributed by atoms with Crippen LogP contribution in [-0.2, 0) is 0 Å². The van der Waals surface area contributed by atoms with Gasteiger partial charge in [-0.1, -0.05) is 35.1 Å². The first-order valence-corrected chi connectivity index (χ1v) is 10.7. The summed E-state index contributed by atoms with van der Waals surface area (Å²) >= 11 is 7.53. The van der Waals surface area contributed by atoms with Gasteiger partial charge in [0, 0.05) is 17.1 Å². The summed E-state index contributed by atoms with van der Waals surface area (Å²) in [6, 6.07) is 14.4. The zero-order chi connectivity index (χ0) is 21.9. The third kappa shape index (κ3) is 3.05. The van der Waals surface area contributed by atoms with Crippen molar-refractivity contribution in [2.45, 2.75) is 13.8 Å². The standard InChI is InChI=1S/C23H16ClN3O3S/c1-12-9-14(13(2)26(12)15-7-8-16(22(29)30)17(24)11-15)10-20-21(28)27-19-6-4-3-5-18(19)25-23(27)31-20/h3-11H,1-2H3,(H,29,30)/b20-10-. The smallest absolute Gasteiger partial charge is 0.337 e. The summed E-state index contributed by atoms with van der Waals surface area (Å²) in [6.45, 7) is 3.91. The molecule has 6 nitrogen and oxygen atoms in total. The van der Waals surface area contributed by atoms with E-state index in [-0.39, 0.29) is 16.1 Å². The van der Waals surface area contributed by atoms with Crippen molar-refractivity contribution in [1.82, 2.24) is 14.0 Å². The van der Waals surface area contributed by atoms with Gasteiger partial charge < -0.3 is 9.67 Å². The Morgan fingerprint density at radius 2 is 1.94 bits per heavy atom. The number of benzene rings is 2. The number of imidazole rings is 1. The number of para-hydroxylation sites is 2. The van der Waals surface area contributed by atoms with Crippen LogP contribution >= 0.6 is 22.9 Å². The predicted molar refractivity (Wildman–Crippen MR) is 123 cm³/mol. The number of aromatic carboxylic acids is 1. The average Bonchev–Trinajstić information content (AvgIpc) is 3.33. The van der Waals surface area contributed by atoms with Crippen molar-refractivity contribution in [2.24, 2.45) is 0 Å². The molecule has 0 aliphatic heterocycles. The highest BCUT2D eigenvalue weighted by molar-refractivity contribution is 7.15. The number of carboxylic acids is 1. The molecule has 31 heavy (non-hydrogen) atoms. The number of thiazole rings is 1. The van der Waals surface area contributed by atoms with Crippen molar-refractivity contribution in [2.75, 3.05) is 0 Å². The van der Waals surface area contributed by atoms with Crippen molar-refractivity contribution in [1.29, 1.82) is 0 Å². The largest absolute Gasteiger partial charge is 0.478 e. The molecule has 0 aliphatic rings. The number of carboxylic acid groups (broad SMARTS) is 1. The van der Waals surface area contributed by atoms with Crippen LogP contribution in [0.5, 0.6) is 0 Å². The number of carbonyl (C=O) groups is 1. The molecule has 1 N–H and O–H groups in total. The van der Waals surface area contributed by atoms with Crippen LogP contribution in [0.15, 0.2) is 53.3 Å². The molecule has 8 heteroatoms. The van der Waals surface area contributed by atoms with E-state index in [2.05, 4.69) is 4.98 Å². The Labute approximate surface area is 185 Å². The highest BCUT2D eigenvalue weighted by atomic mass is 35.5. The molecule has 5 rings (SSSR count). The first kappa shape index (κ1) is 19.5. The Hall–Kier alpha value is -3.42. The fraction of sp³-hybridized carbons (Fsp3) is 0.0870. The van der Waals surface area contributed by atoms with Gasteiger partial charge in [-0.05, 0) is 61.9 Å². The minimum absolute atomic E-state index is 0.0600. The summed E-state index contributed by atoms with van der Waals surface area (Å²) in [4.78, 5) is 29.5. The maximum absolute atomic E-state index is 13.0. The molecule has 0 fully saturated rings. The van der Waals surface area contributed by atoms with Crippen LogP contribution in [0.3, 0.4) is 0 Å². The molecule has 2 aromatic carbocycles. The van der Waals surface area contributed by atoms with Crippen molar-refractivity contribution in [3.8, 4) is 5.69 Å². The van der Waals surface area contributed by atoms with Gasteiger partial charge in [-0.15, -0.1) is 0 Å². The molecule has 0 amide bonds. The molecule has 5 aromatic rings. The van der Waals surface area contributed by atoms with Gasteiger partial charge in [-0.3, -0.25) is 4.79 Å². The molecular formula is C23H16ClN3O3S. The van der Waals surface area contributed by atoms with E-state index in [4.69, 9.17) is 11.6 Å². The van der Waals surface area contributed by atoms with Gasteiger partial charge in [0.05, 0.1) is 26.2 Å². The number of nitrogens with zero attached hydrogens (tertiary/aromatic N) is 3. The average molecular weight is 450 g/mol. The third-order valence-electron chi connectivity index (χ3n) is 5.34. The van der Waals surface area contributed by atoms with E-state index < -0.39 is 5.97 Å². The van der Waals surface area contributed by atoms with Crippen LogP contribution in [0, 0.1) is 13.8 Å². The molecule has 0 radical (unpaired) electrons. The van der Waals surface area contributed by atoms with Gasteiger partial charge in [0.1, 0.15) is 0 Å². The predicted octanol–water partition coefficient (Wildman–Crippen LogP) is 4.22. The Bertz CT molecular complexity index is 1630. The van der Waals surface area contributed by atoms with Gasteiger partial charge in [0.25, 0.3) is 5.56 Å². The topological polar surface area (TPSA) is 76.6 Å². The lowest BCUT2D eigenvalue weighted by Crippen LogP contribution is -2.22. The van der Waals surface area contributed by atoms with Crippen molar-refractivity contribution >= 4 is 51.0 Å². The van der Waals surface area contributed by atoms with Crippen molar-refractivity contribution in [3.05, 3.63) is 91.0 Å². The Morgan fingerprint density at radius 1 is 1.16 bits per heavy atom. The molecule has 3 aromatic heterocycles. The van der Waals surface area contributed by atoms with E-state index in [1.807, 2.05) is 54.8 Å². The fourth-order valence-corrected chi connectivity index (χ4v) is 5.13. The number of aromatic nitrogens is 3. The fourth-order valence-electron chi connectivity index (χ4n) is 3.90. The molecule has 3 heterocycles. The van der Waals surface area contributed by atoms with Gasteiger partial charge in [-0.2, -0.15) is 0 Å². The number of halogens is 1. The second kappa shape index (κ2) is 7.08.